The van der Waals surface area contributed by atoms with Gasteiger partial charge in [-0.25, -0.2) is 13.4 Å². The Morgan fingerprint density at radius 3 is 2.37 bits per heavy atom. The first-order valence-electron chi connectivity index (χ1n) is 12.6. The Morgan fingerprint density at radius 2 is 1.68 bits per heavy atom. The second-order valence-corrected chi connectivity index (χ2v) is 12.3. The van der Waals surface area contributed by atoms with Crippen LogP contribution in [-0.2, 0) is 10.0 Å². The zero-order valence-electron chi connectivity index (χ0n) is 21.5. The molecule has 0 spiro atoms. The van der Waals surface area contributed by atoms with Gasteiger partial charge in [-0.05, 0) is 55.0 Å². The third kappa shape index (κ3) is 5.52. The Labute approximate surface area is 227 Å². The average molecular weight is 550 g/mol. The highest BCUT2D eigenvalue weighted by Crippen LogP contribution is 2.31. The van der Waals surface area contributed by atoms with Gasteiger partial charge >= 0.3 is 0 Å². The summed E-state index contributed by atoms with van der Waals surface area (Å²) in [4.78, 5) is 22.3. The van der Waals surface area contributed by atoms with Gasteiger partial charge in [-0.2, -0.15) is 0 Å². The lowest BCUT2D eigenvalue weighted by atomic mass is 10.2. The first kappa shape index (κ1) is 26.1. The summed E-state index contributed by atoms with van der Waals surface area (Å²) >= 11 is 1.74. The Hall–Kier alpha value is -3.47. The summed E-state index contributed by atoms with van der Waals surface area (Å²) in [6, 6.07) is 21.3. The number of sulfonamides is 1. The van der Waals surface area contributed by atoms with E-state index in [9.17, 15) is 13.2 Å². The van der Waals surface area contributed by atoms with Gasteiger partial charge in [0, 0.05) is 51.9 Å². The molecule has 8 nitrogen and oxygen atoms in total. The van der Waals surface area contributed by atoms with E-state index in [-0.39, 0.29) is 10.8 Å². The number of aryl methyl sites for hydroxylation is 1. The highest BCUT2D eigenvalue weighted by molar-refractivity contribution is 7.92. The predicted molar refractivity (Wildman–Crippen MR) is 154 cm³/mol. The number of para-hydroxylation sites is 2. The average Bonchev–Trinajstić information content (AvgIpc) is 3.39. The summed E-state index contributed by atoms with van der Waals surface area (Å²) in [7, 11) is -2.19. The van der Waals surface area contributed by atoms with Gasteiger partial charge in [0.1, 0.15) is 0 Å². The van der Waals surface area contributed by atoms with Gasteiger partial charge in [-0.1, -0.05) is 41.7 Å². The van der Waals surface area contributed by atoms with E-state index < -0.39 is 10.0 Å². The fourth-order valence-corrected chi connectivity index (χ4v) is 6.81. The second-order valence-electron chi connectivity index (χ2n) is 9.34. The zero-order valence-corrected chi connectivity index (χ0v) is 23.1. The van der Waals surface area contributed by atoms with Gasteiger partial charge in [0.15, 0.2) is 5.13 Å². The fourth-order valence-electron chi connectivity index (χ4n) is 4.52. The molecule has 1 fully saturated rings. The molecule has 198 valence electrons. The van der Waals surface area contributed by atoms with Crippen molar-refractivity contribution >= 4 is 48.3 Å². The van der Waals surface area contributed by atoms with Crippen molar-refractivity contribution in [3.05, 3.63) is 83.9 Å². The van der Waals surface area contributed by atoms with Crippen LogP contribution < -0.4 is 14.5 Å². The Bertz CT molecular complexity index is 1510. The number of amides is 1. The monoisotopic (exact) mass is 549 g/mol. The molecule has 0 bridgehead atoms. The van der Waals surface area contributed by atoms with E-state index in [2.05, 4.69) is 40.2 Å². The quantitative estimate of drug-likeness (QED) is 0.358. The van der Waals surface area contributed by atoms with Gasteiger partial charge in [0.05, 0.1) is 20.8 Å². The van der Waals surface area contributed by atoms with E-state index in [1.54, 1.807) is 47.7 Å². The van der Waals surface area contributed by atoms with E-state index in [0.29, 0.717) is 17.8 Å². The topological polar surface area (TPSA) is 85.8 Å². The van der Waals surface area contributed by atoms with Gasteiger partial charge in [0.2, 0.25) is 0 Å². The van der Waals surface area contributed by atoms with E-state index >= 15 is 0 Å². The van der Waals surface area contributed by atoms with Crippen molar-refractivity contribution in [2.24, 2.45) is 0 Å². The standard InChI is InChI=1S/C28H31N5O3S2/c1-21-7-6-10-25-26(21)30-28(37-25)33-19-17-32(18-20-33)16-15-29-27(34)22-11-13-24(14-12-22)38(35,36)31(2)23-8-4-3-5-9-23/h3-14H,15-20H2,1-2H3,(H,29,34). The smallest absolute Gasteiger partial charge is 0.264 e. The minimum atomic E-state index is -3.71. The molecule has 1 aliphatic rings. The first-order valence-corrected chi connectivity index (χ1v) is 14.8. The number of anilines is 2. The number of nitrogens with zero attached hydrogens (tertiary/aromatic N) is 4. The van der Waals surface area contributed by atoms with E-state index in [1.165, 1.54) is 33.7 Å². The number of hydrogen-bond donors (Lipinski definition) is 1. The molecule has 1 saturated heterocycles. The van der Waals surface area contributed by atoms with Crippen LogP contribution >= 0.6 is 11.3 Å². The van der Waals surface area contributed by atoms with Crippen molar-refractivity contribution in [2.45, 2.75) is 11.8 Å². The molecule has 2 heterocycles. The summed E-state index contributed by atoms with van der Waals surface area (Å²) < 4.78 is 28.4. The Balaban J connectivity index is 1.10. The summed E-state index contributed by atoms with van der Waals surface area (Å²) in [6.07, 6.45) is 0. The molecule has 5 rings (SSSR count). The zero-order chi connectivity index (χ0) is 26.7. The number of thiazole rings is 1. The van der Waals surface area contributed by atoms with Crippen LogP contribution in [0.3, 0.4) is 0 Å². The maximum atomic E-state index is 12.9. The normalized spacial score (nSPS) is 14.5. The number of carbonyl (C=O) groups excluding carboxylic acids is 1. The lowest BCUT2D eigenvalue weighted by Gasteiger charge is -2.34. The molecule has 1 N–H and O–H groups in total. The largest absolute Gasteiger partial charge is 0.351 e. The minimum absolute atomic E-state index is 0.140. The summed E-state index contributed by atoms with van der Waals surface area (Å²) in [5.41, 5.74) is 3.30. The van der Waals surface area contributed by atoms with Gasteiger partial charge < -0.3 is 10.2 Å². The number of hydrogen-bond acceptors (Lipinski definition) is 7. The van der Waals surface area contributed by atoms with Crippen LogP contribution in [0.4, 0.5) is 10.8 Å². The molecule has 0 unspecified atom stereocenters. The lowest BCUT2D eigenvalue weighted by molar-refractivity contribution is 0.0947. The van der Waals surface area contributed by atoms with Crippen LogP contribution in [0.2, 0.25) is 0 Å². The SMILES string of the molecule is Cc1cccc2sc(N3CCN(CCNC(=O)c4ccc(S(=O)(=O)N(C)c5ccccc5)cc4)CC3)nc12. The molecule has 3 aromatic carbocycles. The molecule has 0 radical (unpaired) electrons. The number of fused-ring (bicyclic) bond motifs is 1. The molecule has 10 heteroatoms. The van der Waals surface area contributed by atoms with Crippen LogP contribution in [0, 0.1) is 6.92 Å². The number of nitrogens with one attached hydrogen (secondary N) is 1. The van der Waals surface area contributed by atoms with Crippen molar-refractivity contribution in [2.75, 3.05) is 55.5 Å². The number of rotatable bonds is 8. The summed E-state index contributed by atoms with van der Waals surface area (Å²) in [5, 5.41) is 4.03. The van der Waals surface area contributed by atoms with Crippen molar-refractivity contribution in [1.82, 2.24) is 15.2 Å². The molecule has 1 aromatic heterocycles. The summed E-state index contributed by atoms with van der Waals surface area (Å²) in [5.74, 6) is -0.214. The van der Waals surface area contributed by atoms with Crippen LogP contribution in [0.5, 0.6) is 0 Å². The van der Waals surface area contributed by atoms with Crippen LogP contribution in [0.1, 0.15) is 15.9 Å². The molecule has 1 aliphatic heterocycles. The third-order valence-electron chi connectivity index (χ3n) is 6.86. The van der Waals surface area contributed by atoms with Crippen molar-refractivity contribution in [3.63, 3.8) is 0 Å². The Kier molecular flexibility index (Phi) is 7.64. The predicted octanol–water partition coefficient (Wildman–Crippen LogP) is 3.98. The number of aromatic nitrogens is 1. The molecule has 38 heavy (non-hydrogen) atoms. The van der Waals surface area contributed by atoms with Gasteiger partial charge in [0.25, 0.3) is 15.9 Å². The highest BCUT2D eigenvalue weighted by Gasteiger charge is 2.22. The molecule has 0 aliphatic carbocycles. The highest BCUT2D eigenvalue weighted by atomic mass is 32.2. The fraction of sp³-hybridized carbons (Fsp3) is 0.286. The van der Waals surface area contributed by atoms with Crippen LogP contribution in [0.15, 0.2) is 77.7 Å². The van der Waals surface area contributed by atoms with Crippen molar-refractivity contribution < 1.29 is 13.2 Å². The van der Waals surface area contributed by atoms with E-state index in [4.69, 9.17) is 4.98 Å². The lowest BCUT2D eigenvalue weighted by Crippen LogP contribution is -2.48. The molecule has 0 atom stereocenters. The summed E-state index contributed by atoms with van der Waals surface area (Å²) in [6.45, 7) is 7.00. The second kappa shape index (κ2) is 11.1. The maximum Gasteiger partial charge on any atom is 0.264 e. The van der Waals surface area contributed by atoms with Crippen LogP contribution in [-0.4, -0.2) is 70.5 Å². The molecule has 4 aromatic rings. The molecular weight excluding hydrogens is 518 g/mol. The molecule has 0 saturated carbocycles. The molecule has 1 amide bonds. The minimum Gasteiger partial charge on any atom is -0.351 e. The van der Waals surface area contributed by atoms with E-state index in [1.807, 2.05) is 6.07 Å². The van der Waals surface area contributed by atoms with Gasteiger partial charge in [-0.15, -0.1) is 0 Å². The number of piperazine rings is 1. The molecular formula is C28H31N5O3S2. The number of benzene rings is 3. The van der Waals surface area contributed by atoms with E-state index in [0.717, 1.165) is 43.4 Å². The first-order chi connectivity index (χ1) is 18.3. The van der Waals surface area contributed by atoms with Crippen molar-refractivity contribution in [3.8, 4) is 0 Å². The Morgan fingerprint density at radius 1 is 0.974 bits per heavy atom. The van der Waals surface area contributed by atoms with Crippen molar-refractivity contribution in [1.29, 1.82) is 0 Å². The van der Waals surface area contributed by atoms with Gasteiger partial charge in [-0.3, -0.25) is 14.0 Å². The van der Waals surface area contributed by atoms with Crippen LogP contribution in [0.25, 0.3) is 10.2 Å². The maximum absolute atomic E-state index is 12.9. The number of carbonyl (C=O) groups is 1. The third-order valence-corrected chi connectivity index (χ3v) is 9.74.